The molecule has 1 amide bonds. The SMILES string of the molecule is Cc1ccc(S(C)(=O)=O)cc1NC(=O)c1cc(-c2ccco2)nc2c1c(C)nn2C. The molecule has 0 radical (unpaired) electrons. The molecule has 3 aromatic heterocycles. The first-order valence-electron chi connectivity index (χ1n) is 9.15. The predicted octanol–water partition coefficient (Wildman–Crippen LogP) is 3.50. The zero-order valence-corrected chi connectivity index (χ0v) is 17.7. The molecule has 1 N–H and O–H groups in total. The van der Waals surface area contributed by atoms with Gasteiger partial charge in [-0.25, -0.2) is 13.4 Å². The Kier molecular flexibility index (Phi) is 4.70. The van der Waals surface area contributed by atoms with E-state index in [1.807, 2.05) is 6.92 Å². The summed E-state index contributed by atoms with van der Waals surface area (Å²) in [5.41, 5.74) is 3.26. The third kappa shape index (κ3) is 3.48. The van der Waals surface area contributed by atoms with Crippen LogP contribution in [0.2, 0.25) is 0 Å². The van der Waals surface area contributed by atoms with Crippen LogP contribution in [-0.2, 0) is 16.9 Å². The molecular formula is C21H20N4O4S. The molecule has 0 atom stereocenters. The molecule has 0 saturated carbocycles. The highest BCUT2D eigenvalue weighted by Gasteiger charge is 2.21. The molecule has 4 aromatic rings. The maximum Gasteiger partial charge on any atom is 0.256 e. The van der Waals surface area contributed by atoms with Crippen molar-refractivity contribution in [2.75, 3.05) is 11.6 Å². The Morgan fingerprint density at radius 1 is 1.17 bits per heavy atom. The van der Waals surface area contributed by atoms with E-state index in [2.05, 4.69) is 15.4 Å². The van der Waals surface area contributed by atoms with E-state index in [0.29, 0.717) is 39.4 Å². The number of fused-ring (bicyclic) bond motifs is 1. The Balaban J connectivity index is 1.84. The zero-order chi connectivity index (χ0) is 21.6. The average molecular weight is 424 g/mol. The van der Waals surface area contributed by atoms with Crippen LogP contribution in [-0.4, -0.2) is 35.3 Å². The van der Waals surface area contributed by atoms with E-state index in [1.54, 1.807) is 42.9 Å². The van der Waals surface area contributed by atoms with E-state index < -0.39 is 9.84 Å². The molecule has 0 aliphatic carbocycles. The van der Waals surface area contributed by atoms with E-state index in [-0.39, 0.29) is 10.8 Å². The van der Waals surface area contributed by atoms with Crippen LogP contribution in [0.3, 0.4) is 0 Å². The summed E-state index contributed by atoms with van der Waals surface area (Å²) in [7, 11) is -1.64. The average Bonchev–Trinajstić information content (AvgIpc) is 3.31. The van der Waals surface area contributed by atoms with Crippen molar-refractivity contribution in [2.24, 2.45) is 7.05 Å². The molecule has 3 heterocycles. The molecular weight excluding hydrogens is 404 g/mol. The van der Waals surface area contributed by atoms with Crippen molar-refractivity contribution >= 4 is 32.5 Å². The number of rotatable bonds is 4. The van der Waals surface area contributed by atoms with Crippen LogP contribution in [0, 0.1) is 13.8 Å². The van der Waals surface area contributed by atoms with Crippen molar-refractivity contribution in [3.05, 3.63) is 59.5 Å². The smallest absolute Gasteiger partial charge is 0.256 e. The monoisotopic (exact) mass is 424 g/mol. The van der Waals surface area contributed by atoms with Crippen molar-refractivity contribution in [3.63, 3.8) is 0 Å². The lowest BCUT2D eigenvalue weighted by atomic mass is 10.1. The van der Waals surface area contributed by atoms with Gasteiger partial charge in [-0.15, -0.1) is 0 Å². The molecule has 0 aliphatic heterocycles. The number of furan rings is 1. The minimum atomic E-state index is -3.40. The van der Waals surface area contributed by atoms with Gasteiger partial charge in [0.1, 0.15) is 5.69 Å². The van der Waals surface area contributed by atoms with E-state index in [9.17, 15) is 13.2 Å². The third-order valence-corrected chi connectivity index (χ3v) is 5.98. The van der Waals surface area contributed by atoms with Gasteiger partial charge >= 0.3 is 0 Å². The maximum absolute atomic E-state index is 13.3. The number of anilines is 1. The van der Waals surface area contributed by atoms with Crippen LogP contribution in [0.1, 0.15) is 21.6 Å². The van der Waals surface area contributed by atoms with Crippen molar-refractivity contribution in [3.8, 4) is 11.5 Å². The number of aryl methyl sites for hydroxylation is 3. The Labute approximate surface area is 173 Å². The van der Waals surface area contributed by atoms with E-state index in [4.69, 9.17) is 4.42 Å². The van der Waals surface area contributed by atoms with Crippen LogP contribution >= 0.6 is 0 Å². The van der Waals surface area contributed by atoms with Crippen LogP contribution in [0.4, 0.5) is 5.69 Å². The normalized spacial score (nSPS) is 11.7. The largest absolute Gasteiger partial charge is 0.463 e. The number of amides is 1. The fraction of sp³-hybridized carbons (Fsp3) is 0.190. The molecule has 0 unspecified atom stereocenters. The first kappa shape index (κ1) is 19.8. The van der Waals surface area contributed by atoms with Crippen molar-refractivity contribution in [1.29, 1.82) is 0 Å². The van der Waals surface area contributed by atoms with Crippen molar-refractivity contribution < 1.29 is 17.6 Å². The Morgan fingerprint density at radius 3 is 2.60 bits per heavy atom. The molecule has 8 nitrogen and oxygen atoms in total. The summed E-state index contributed by atoms with van der Waals surface area (Å²) in [4.78, 5) is 18.0. The minimum absolute atomic E-state index is 0.136. The zero-order valence-electron chi connectivity index (χ0n) is 16.9. The van der Waals surface area contributed by atoms with E-state index in [0.717, 1.165) is 11.8 Å². The number of benzene rings is 1. The number of sulfone groups is 1. The summed E-state index contributed by atoms with van der Waals surface area (Å²) >= 11 is 0. The second kappa shape index (κ2) is 7.10. The van der Waals surface area contributed by atoms with Gasteiger partial charge in [-0.1, -0.05) is 6.07 Å². The van der Waals surface area contributed by atoms with Crippen LogP contribution in [0.5, 0.6) is 0 Å². The van der Waals surface area contributed by atoms with Crippen LogP contribution in [0.15, 0.2) is 52.0 Å². The number of nitrogens with zero attached hydrogens (tertiary/aromatic N) is 3. The van der Waals surface area contributed by atoms with Gasteiger partial charge in [0.15, 0.2) is 21.2 Å². The maximum atomic E-state index is 13.3. The summed E-state index contributed by atoms with van der Waals surface area (Å²) in [6.45, 7) is 3.61. The number of hydrogen-bond donors (Lipinski definition) is 1. The number of carbonyl (C=O) groups excluding carboxylic acids is 1. The number of nitrogens with one attached hydrogen (secondary N) is 1. The van der Waals surface area contributed by atoms with Crippen molar-refractivity contribution in [2.45, 2.75) is 18.7 Å². The molecule has 0 saturated heterocycles. The molecule has 154 valence electrons. The number of hydrogen-bond acceptors (Lipinski definition) is 6. The molecule has 0 aliphatic rings. The molecule has 4 rings (SSSR count). The highest BCUT2D eigenvalue weighted by atomic mass is 32.2. The number of carbonyl (C=O) groups is 1. The molecule has 9 heteroatoms. The highest BCUT2D eigenvalue weighted by molar-refractivity contribution is 7.90. The van der Waals surface area contributed by atoms with Gasteiger partial charge in [-0.2, -0.15) is 5.10 Å². The van der Waals surface area contributed by atoms with E-state index >= 15 is 0 Å². The minimum Gasteiger partial charge on any atom is -0.463 e. The second-order valence-corrected chi connectivity index (χ2v) is 9.16. The number of pyridine rings is 1. The lowest BCUT2D eigenvalue weighted by molar-refractivity contribution is 0.102. The molecule has 0 bridgehead atoms. The highest BCUT2D eigenvalue weighted by Crippen LogP contribution is 2.28. The summed E-state index contributed by atoms with van der Waals surface area (Å²) in [5.74, 6) is 0.139. The predicted molar refractivity (Wildman–Crippen MR) is 113 cm³/mol. The Hall–Kier alpha value is -3.46. The lowest BCUT2D eigenvalue weighted by Gasteiger charge is -2.12. The summed E-state index contributed by atoms with van der Waals surface area (Å²) < 4.78 is 30.9. The van der Waals surface area contributed by atoms with Crippen LogP contribution < -0.4 is 5.32 Å². The molecule has 0 fully saturated rings. The molecule has 30 heavy (non-hydrogen) atoms. The van der Waals surface area contributed by atoms with Gasteiger partial charge in [-0.05, 0) is 49.7 Å². The van der Waals surface area contributed by atoms with Gasteiger partial charge in [0.05, 0.1) is 27.8 Å². The fourth-order valence-electron chi connectivity index (χ4n) is 3.33. The van der Waals surface area contributed by atoms with E-state index in [1.165, 1.54) is 18.4 Å². The van der Waals surface area contributed by atoms with Gasteiger partial charge in [0, 0.05) is 19.0 Å². The topological polar surface area (TPSA) is 107 Å². The Morgan fingerprint density at radius 2 is 1.93 bits per heavy atom. The Bertz CT molecular complexity index is 1390. The first-order chi connectivity index (χ1) is 14.1. The summed E-state index contributed by atoms with van der Waals surface area (Å²) in [6, 6.07) is 9.81. The standard InChI is InChI=1S/C21H20N4O4S/c1-12-7-8-14(30(4,27)28)10-16(12)23-21(26)15-11-17(18-6-5-9-29-18)22-20-19(15)13(2)24-25(20)3/h5-11H,1-4H3,(H,23,26). The van der Waals surface area contributed by atoms with Gasteiger partial charge in [0.25, 0.3) is 5.91 Å². The summed E-state index contributed by atoms with van der Waals surface area (Å²) in [5, 5.41) is 7.86. The van der Waals surface area contributed by atoms with Gasteiger partial charge in [-0.3, -0.25) is 9.48 Å². The third-order valence-electron chi connectivity index (χ3n) is 4.87. The van der Waals surface area contributed by atoms with Gasteiger partial charge in [0.2, 0.25) is 0 Å². The quantitative estimate of drug-likeness (QED) is 0.537. The number of aromatic nitrogens is 3. The lowest BCUT2D eigenvalue weighted by Crippen LogP contribution is -2.14. The first-order valence-corrected chi connectivity index (χ1v) is 11.0. The molecule has 1 aromatic carbocycles. The van der Waals surface area contributed by atoms with Gasteiger partial charge < -0.3 is 9.73 Å². The van der Waals surface area contributed by atoms with Crippen LogP contribution in [0.25, 0.3) is 22.5 Å². The fourth-order valence-corrected chi connectivity index (χ4v) is 3.98. The molecule has 0 spiro atoms. The summed E-state index contributed by atoms with van der Waals surface area (Å²) in [6.07, 6.45) is 2.67. The van der Waals surface area contributed by atoms with Crippen molar-refractivity contribution in [1.82, 2.24) is 14.8 Å². The second-order valence-electron chi connectivity index (χ2n) is 7.14.